The Morgan fingerprint density at radius 3 is 1.31 bits per heavy atom. The molecular formula is C32H52N2O9S2. The van der Waals surface area contributed by atoms with Crippen molar-refractivity contribution in [2.24, 2.45) is 0 Å². The van der Waals surface area contributed by atoms with Crippen molar-refractivity contribution in [3.05, 3.63) is 71.8 Å². The van der Waals surface area contributed by atoms with Gasteiger partial charge in [0.1, 0.15) is 16.8 Å². The summed E-state index contributed by atoms with van der Waals surface area (Å²) in [5.74, 6) is 0. The molecule has 0 fully saturated rings. The number of amides is 1. The summed E-state index contributed by atoms with van der Waals surface area (Å²) in [6.07, 6.45) is 0.675. The highest BCUT2D eigenvalue weighted by Crippen LogP contribution is 2.25. The number of carbonyl (C=O) groups is 2. The van der Waals surface area contributed by atoms with Crippen molar-refractivity contribution in [1.82, 2.24) is 9.03 Å². The molecule has 11 nitrogen and oxygen atoms in total. The molecule has 1 amide bonds. The van der Waals surface area contributed by atoms with Gasteiger partial charge in [-0.15, -0.1) is 0 Å². The van der Waals surface area contributed by atoms with Crippen molar-refractivity contribution in [2.75, 3.05) is 12.5 Å². The molecule has 45 heavy (non-hydrogen) atoms. The number of carbonyl (C=O) groups excluding carboxylic acids is 2. The zero-order valence-corrected chi connectivity index (χ0v) is 30.5. The fraction of sp³-hybridized carbons (Fsp3) is 0.562. The molecule has 0 radical (unpaired) electrons. The lowest BCUT2D eigenvalue weighted by atomic mass is 10.1. The van der Waals surface area contributed by atoms with Gasteiger partial charge in [0.05, 0.1) is 18.6 Å². The van der Waals surface area contributed by atoms with Gasteiger partial charge in [-0.2, -0.15) is 4.31 Å². The van der Waals surface area contributed by atoms with Crippen LogP contribution in [0.3, 0.4) is 0 Å². The molecule has 1 N–H and O–H groups in total. The first-order valence-electron chi connectivity index (χ1n) is 14.3. The van der Waals surface area contributed by atoms with Crippen molar-refractivity contribution >= 4 is 32.3 Å². The van der Waals surface area contributed by atoms with Crippen molar-refractivity contribution in [3.63, 3.8) is 0 Å². The van der Waals surface area contributed by atoms with Crippen LogP contribution < -0.4 is 4.72 Å². The predicted molar refractivity (Wildman–Crippen MR) is 178 cm³/mol. The number of benzene rings is 2. The maximum Gasteiger partial charge on any atom is 0.509 e. The monoisotopic (exact) mass is 672 g/mol. The molecular weight excluding hydrogens is 620 g/mol. The average Bonchev–Trinajstić information content (AvgIpc) is 2.80. The number of hydrogen-bond acceptors (Lipinski definition) is 9. The molecule has 256 valence electrons. The Morgan fingerprint density at radius 1 is 0.644 bits per heavy atom. The van der Waals surface area contributed by atoms with Gasteiger partial charge in [0.2, 0.25) is 20.0 Å². The fourth-order valence-corrected chi connectivity index (χ4v) is 5.19. The molecule has 0 saturated carbocycles. The summed E-state index contributed by atoms with van der Waals surface area (Å²) in [7, 11) is -6.85. The average molecular weight is 673 g/mol. The van der Waals surface area contributed by atoms with Crippen molar-refractivity contribution in [1.29, 1.82) is 0 Å². The van der Waals surface area contributed by atoms with Crippen LogP contribution >= 0.6 is 0 Å². The maximum absolute atomic E-state index is 12.1. The van der Waals surface area contributed by atoms with E-state index >= 15 is 0 Å². The predicted octanol–water partition coefficient (Wildman–Crippen LogP) is 6.98. The number of nitrogens with zero attached hydrogens (tertiary/aromatic N) is 1. The molecule has 0 aliphatic heterocycles. The Bertz CT molecular complexity index is 1390. The minimum atomic E-state index is -3.73. The second-order valence-electron chi connectivity index (χ2n) is 13.3. The second-order valence-corrected chi connectivity index (χ2v) is 17.0. The highest BCUT2D eigenvalue weighted by molar-refractivity contribution is 7.89. The van der Waals surface area contributed by atoms with Crippen LogP contribution in [0.2, 0.25) is 0 Å². The molecule has 13 heteroatoms. The lowest BCUT2D eigenvalue weighted by molar-refractivity contribution is -0.0468. The lowest BCUT2D eigenvalue weighted by Gasteiger charge is -2.30. The number of hydrogen-bond donors (Lipinski definition) is 1. The summed E-state index contributed by atoms with van der Waals surface area (Å²) in [4.78, 5) is 23.2. The Morgan fingerprint density at radius 2 is 1.00 bits per heavy atom. The third-order valence-corrected chi connectivity index (χ3v) is 7.00. The van der Waals surface area contributed by atoms with E-state index in [0.29, 0.717) is 0 Å². The number of sulfonamides is 2. The van der Waals surface area contributed by atoms with E-state index in [1.165, 1.54) is 0 Å². The van der Waals surface area contributed by atoms with Crippen molar-refractivity contribution in [2.45, 2.75) is 105 Å². The molecule has 2 aromatic carbocycles. The first-order valence-corrected chi connectivity index (χ1v) is 18.1. The summed E-state index contributed by atoms with van der Waals surface area (Å²) in [6, 6.07) is 17.6. The molecule has 2 rings (SSSR count). The van der Waals surface area contributed by atoms with Crippen LogP contribution in [0.25, 0.3) is 0 Å². The topological polar surface area (TPSA) is 145 Å². The zero-order valence-electron chi connectivity index (χ0n) is 28.9. The molecule has 2 atom stereocenters. The Hall–Kier alpha value is -3.16. The van der Waals surface area contributed by atoms with Gasteiger partial charge in [-0.25, -0.2) is 31.1 Å². The first kappa shape index (κ1) is 41.8. The third kappa shape index (κ3) is 20.5. The molecule has 0 unspecified atom stereocenters. The smallest absolute Gasteiger partial charge is 0.443 e. The summed E-state index contributed by atoms with van der Waals surface area (Å²) in [5.41, 5.74) is -0.0297. The van der Waals surface area contributed by atoms with E-state index < -0.39 is 55.1 Å². The molecule has 0 spiro atoms. The van der Waals surface area contributed by atoms with E-state index in [0.717, 1.165) is 27.9 Å². The highest BCUT2D eigenvalue weighted by Gasteiger charge is 2.33. The summed E-state index contributed by atoms with van der Waals surface area (Å²) < 4.78 is 64.0. The third-order valence-electron chi connectivity index (χ3n) is 5.03. The van der Waals surface area contributed by atoms with Gasteiger partial charge in [0.25, 0.3) is 0 Å². The van der Waals surface area contributed by atoms with E-state index in [9.17, 15) is 26.4 Å². The highest BCUT2D eigenvalue weighted by atomic mass is 32.2. The van der Waals surface area contributed by atoms with Gasteiger partial charge in [0, 0.05) is 6.04 Å². The first-order chi connectivity index (χ1) is 20.1. The van der Waals surface area contributed by atoms with Gasteiger partial charge >= 0.3 is 12.2 Å². The number of rotatable bonds is 6. The van der Waals surface area contributed by atoms with Crippen LogP contribution in [0, 0.1) is 0 Å². The molecule has 0 saturated heterocycles. The standard InChI is InChI=1S/C14H21NO4S.C9H13NO2S.C9H18O3/c1-11(12-9-7-6-8-10-12)15(20(5,17)18)13(16)19-14(2,3)4;1-8(10-13(2,11)12)9-6-4-3-5-7-9;1-8(2,3)11-7(10)12-9(4,5)6/h6-11H,1-5H3;3-8,10H,1-2H3;1-6H3/t11-;8-;/m11./s1. The van der Waals surface area contributed by atoms with E-state index in [2.05, 4.69) is 4.72 Å². The fourth-order valence-electron chi connectivity index (χ4n) is 3.41. The van der Waals surface area contributed by atoms with Crippen LogP contribution in [0.15, 0.2) is 60.7 Å². The SMILES string of the molecule is CC(C)(C)OC(=O)OC(C)(C)C.C[C@@H](NS(C)(=O)=O)c1ccccc1.C[C@H](c1ccccc1)N(C(=O)OC(C)(C)C)S(C)(=O)=O. The van der Waals surface area contributed by atoms with Crippen LogP contribution in [0.4, 0.5) is 9.59 Å². The Kier molecular flexibility index (Phi) is 15.8. The van der Waals surface area contributed by atoms with Crippen molar-refractivity contribution in [3.8, 4) is 0 Å². The van der Waals surface area contributed by atoms with Crippen LogP contribution in [-0.2, 0) is 34.3 Å². The maximum atomic E-state index is 12.1. The quantitative estimate of drug-likeness (QED) is 0.321. The van der Waals surface area contributed by atoms with Gasteiger partial charge in [-0.05, 0) is 87.3 Å². The van der Waals surface area contributed by atoms with Gasteiger partial charge in [0.15, 0.2) is 0 Å². The van der Waals surface area contributed by atoms with Crippen LogP contribution in [-0.4, -0.2) is 62.7 Å². The van der Waals surface area contributed by atoms with Gasteiger partial charge in [-0.3, -0.25) is 0 Å². The van der Waals surface area contributed by atoms with Crippen LogP contribution in [0.1, 0.15) is 99.4 Å². The second kappa shape index (κ2) is 17.0. The van der Waals surface area contributed by atoms with Gasteiger partial charge < -0.3 is 14.2 Å². The zero-order chi connectivity index (χ0) is 35.4. The summed E-state index contributed by atoms with van der Waals surface area (Å²) >= 11 is 0. The molecule has 0 heterocycles. The molecule has 0 aliphatic rings. The summed E-state index contributed by atoms with van der Waals surface area (Å²) in [5, 5.41) is 0. The minimum Gasteiger partial charge on any atom is -0.443 e. The van der Waals surface area contributed by atoms with E-state index in [4.69, 9.17) is 14.2 Å². The Balaban J connectivity index is 0.000000677. The molecule has 2 aromatic rings. The van der Waals surface area contributed by atoms with E-state index in [1.54, 1.807) is 93.5 Å². The van der Waals surface area contributed by atoms with Gasteiger partial charge in [-0.1, -0.05) is 60.7 Å². The lowest BCUT2D eigenvalue weighted by Crippen LogP contribution is -2.41. The molecule has 0 aromatic heterocycles. The van der Waals surface area contributed by atoms with E-state index in [1.807, 2.05) is 43.3 Å². The Labute approximate surface area is 270 Å². The normalized spacial score (nSPS) is 13.4. The molecule has 0 bridgehead atoms. The minimum absolute atomic E-state index is 0.170. The van der Waals surface area contributed by atoms with Crippen LogP contribution in [0.5, 0.6) is 0 Å². The number of nitrogens with one attached hydrogen (secondary N) is 1. The summed E-state index contributed by atoms with van der Waals surface area (Å²) in [6.45, 7) is 19.4. The molecule has 0 aliphatic carbocycles. The van der Waals surface area contributed by atoms with Crippen molar-refractivity contribution < 1.29 is 40.6 Å². The van der Waals surface area contributed by atoms with E-state index in [-0.39, 0.29) is 6.04 Å². The number of ether oxygens (including phenoxy) is 3. The largest absolute Gasteiger partial charge is 0.509 e.